The maximum absolute atomic E-state index is 12.9. The van der Waals surface area contributed by atoms with E-state index in [4.69, 9.17) is 4.74 Å². The molecule has 1 aliphatic rings. The SMILES string of the molecule is O=c1c2cc([N+](=O)[O-])ccc2nc2n1CC/C2=C/c1ccc(OCc2cscn2)cc1. The Balaban J connectivity index is 1.42. The van der Waals surface area contributed by atoms with Crippen molar-refractivity contribution in [1.82, 2.24) is 14.5 Å². The number of nitrogens with zero attached hydrogens (tertiary/aromatic N) is 4. The lowest BCUT2D eigenvalue weighted by molar-refractivity contribution is -0.384. The quantitative estimate of drug-likeness (QED) is 0.345. The number of benzene rings is 2. The lowest BCUT2D eigenvalue weighted by atomic mass is 10.1. The van der Waals surface area contributed by atoms with E-state index in [0.717, 1.165) is 22.6 Å². The first-order chi connectivity index (χ1) is 15.1. The second-order valence-corrected chi connectivity index (χ2v) is 7.83. The van der Waals surface area contributed by atoms with Gasteiger partial charge in [-0.15, -0.1) is 11.3 Å². The molecule has 0 bridgehead atoms. The van der Waals surface area contributed by atoms with E-state index in [9.17, 15) is 14.9 Å². The Hall–Kier alpha value is -3.85. The van der Waals surface area contributed by atoms with Gasteiger partial charge in [0.05, 0.1) is 27.0 Å². The third-order valence-corrected chi connectivity index (χ3v) is 5.77. The number of ether oxygens (including phenoxy) is 1. The van der Waals surface area contributed by atoms with Crippen molar-refractivity contribution in [2.24, 2.45) is 0 Å². The highest BCUT2D eigenvalue weighted by Gasteiger charge is 2.22. The average Bonchev–Trinajstić information content (AvgIpc) is 3.44. The van der Waals surface area contributed by atoms with Crippen molar-refractivity contribution in [1.29, 1.82) is 0 Å². The third-order valence-electron chi connectivity index (χ3n) is 5.13. The third kappa shape index (κ3) is 3.71. The van der Waals surface area contributed by atoms with Crippen molar-refractivity contribution in [3.8, 4) is 5.75 Å². The number of non-ortho nitro benzene ring substituents is 1. The number of allylic oxidation sites excluding steroid dienone is 1. The molecular weight excluding hydrogens is 416 g/mol. The van der Waals surface area contributed by atoms with E-state index in [1.165, 1.54) is 29.5 Å². The van der Waals surface area contributed by atoms with Crippen LogP contribution in [0.5, 0.6) is 5.75 Å². The first-order valence-electron chi connectivity index (χ1n) is 9.58. The summed E-state index contributed by atoms with van der Waals surface area (Å²) < 4.78 is 7.33. The van der Waals surface area contributed by atoms with Crippen LogP contribution in [0.1, 0.15) is 23.5 Å². The summed E-state index contributed by atoms with van der Waals surface area (Å²) in [6.45, 7) is 0.926. The smallest absolute Gasteiger partial charge is 0.270 e. The topological polar surface area (TPSA) is 100 Å². The van der Waals surface area contributed by atoms with Gasteiger partial charge in [0.15, 0.2) is 0 Å². The normalized spacial score (nSPS) is 14.1. The molecule has 1 aliphatic heterocycles. The van der Waals surface area contributed by atoms with Crippen LogP contribution in [-0.4, -0.2) is 19.5 Å². The Morgan fingerprint density at radius 2 is 2.06 bits per heavy atom. The van der Waals surface area contributed by atoms with Gasteiger partial charge in [0.25, 0.3) is 11.2 Å². The zero-order chi connectivity index (χ0) is 21.4. The van der Waals surface area contributed by atoms with E-state index in [-0.39, 0.29) is 16.6 Å². The van der Waals surface area contributed by atoms with Crippen LogP contribution in [0.2, 0.25) is 0 Å². The standard InChI is InChI=1S/C22H16N4O4S/c27-22-19-10-17(26(28)29)3-6-20(19)24-21-15(7-8-25(21)22)9-14-1-4-18(5-2-14)30-11-16-12-31-13-23-16/h1-6,9-10,12-13H,7-8,11H2/b15-9-. The second kappa shape index (κ2) is 7.77. The summed E-state index contributed by atoms with van der Waals surface area (Å²) in [5.74, 6) is 1.36. The fourth-order valence-corrected chi connectivity index (χ4v) is 4.13. The van der Waals surface area contributed by atoms with Crippen LogP contribution in [0.3, 0.4) is 0 Å². The molecule has 4 aromatic rings. The highest BCUT2D eigenvalue weighted by Crippen LogP contribution is 2.29. The van der Waals surface area contributed by atoms with Gasteiger partial charge in [-0.05, 0) is 41.8 Å². The lowest BCUT2D eigenvalue weighted by Gasteiger charge is -2.06. The van der Waals surface area contributed by atoms with Crippen molar-refractivity contribution >= 4 is 39.6 Å². The Kier molecular flexibility index (Phi) is 4.79. The van der Waals surface area contributed by atoms with E-state index in [1.807, 2.05) is 35.7 Å². The van der Waals surface area contributed by atoms with Crippen LogP contribution in [0, 0.1) is 10.1 Å². The number of rotatable bonds is 5. The summed E-state index contributed by atoms with van der Waals surface area (Å²) in [7, 11) is 0. The minimum absolute atomic E-state index is 0.113. The minimum Gasteiger partial charge on any atom is -0.487 e. The molecule has 0 amide bonds. The summed E-state index contributed by atoms with van der Waals surface area (Å²) in [6, 6.07) is 11.9. The molecule has 5 rings (SSSR count). The van der Waals surface area contributed by atoms with Crippen molar-refractivity contribution in [2.45, 2.75) is 19.6 Å². The number of thiazole rings is 1. The summed E-state index contributed by atoms with van der Waals surface area (Å²) >= 11 is 1.53. The highest BCUT2D eigenvalue weighted by atomic mass is 32.1. The molecule has 2 aromatic carbocycles. The van der Waals surface area contributed by atoms with Gasteiger partial charge in [0.2, 0.25) is 0 Å². The predicted molar refractivity (Wildman–Crippen MR) is 118 cm³/mol. The van der Waals surface area contributed by atoms with Crippen LogP contribution in [0.25, 0.3) is 22.6 Å². The molecule has 3 heterocycles. The molecule has 0 unspecified atom stereocenters. The molecule has 9 heteroatoms. The van der Waals surface area contributed by atoms with Crippen LogP contribution in [0.4, 0.5) is 5.69 Å². The van der Waals surface area contributed by atoms with E-state index >= 15 is 0 Å². The molecule has 0 saturated carbocycles. The predicted octanol–water partition coefficient (Wildman–Crippen LogP) is 4.28. The zero-order valence-electron chi connectivity index (χ0n) is 16.2. The summed E-state index contributed by atoms with van der Waals surface area (Å²) in [4.78, 5) is 32.2. The molecule has 31 heavy (non-hydrogen) atoms. The Morgan fingerprint density at radius 1 is 1.23 bits per heavy atom. The molecule has 2 aromatic heterocycles. The van der Waals surface area contributed by atoms with Crippen LogP contribution >= 0.6 is 11.3 Å². The van der Waals surface area contributed by atoms with Crippen LogP contribution in [0.15, 0.2) is 58.1 Å². The van der Waals surface area contributed by atoms with Gasteiger partial charge in [0.1, 0.15) is 18.2 Å². The number of aromatic nitrogens is 3. The van der Waals surface area contributed by atoms with Crippen molar-refractivity contribution in [3.05, 3.63) is 90.9 Å². The van der Waals surface area contributed by atoms with Crippen molar-refractivity contribution in [3.63, 3.8) is 0 Å². The number of nitro benzene ring substituents is 1. The lowest BCUT2D eigenvalue weighted by Crippen LogP contribution is -2.20. The van der Waals surface area contributed by atoms with Gasteiger partial charge in [-0.1, -0.05) is 12.1 Å². The maximum atomic E-state index is 12.9. The molecule has 154 valence electrons. The second-order valence-electron chi connectivity index (χ2n) is 7.11. The molecule has 8 nitrogen and oxygen atoms in total. The Labute approximate surface area is 180 Å². The van der Waals surface area contributed by atoms with E-state index in [0.29, 0.717) is 30.9 Å². The number of fused-ring (bicyclic) bond motifs is 2. The fraction of sp³-hybridized carbons (Fsp3) is 0.136. The summed E-state index contributed by atoms with van der Waals surface area (Å²) in [5, 5.41) is 13.2. The van der Waals surface area contributed by atoms with Crippen molar-refractivity contribution < 1.29 is 9.66 Å². The van der Waals surface area contributed by atoms with Gasteiger partial charge >= 0.3 is 0 Å². The summed E-state index contributed by atoms with van der Waals surface area (Å²) in [6.07, 6.45) is 2.68. The first kappa shape index (κ1) is 19.1. The van der Waals surface area contributed by atoms with E-state index in [2.05, 4.69) is 9.97 Å². The van der Waals surface area contributed by atoms with Gasteiger partial charge in [0, 0.05) is 24.1 Å². The minimum atomic E-state index is -0.508. The van der Waals surface area contributed by atoms with E-state index in [1.54, 1.807) is 10.1 Å². The highest BCUT2D eigenvalue weighted by molar-refractivity contribution is 7.07. The number of hydrogen-bond donors (Lipinski definition) is 0. The first-order valence-corrected chi connectivity index (χ1v) is 10.5. The monoisotopic (exact) mass is 432 g/mol. The van der Waals surface area contributed by atoms with Crippen LogP contribution < -0.4 is 10.3 Å². The summed E-state index contributed by atoms with van der Waals surface area (Å²) in [5.41, 5.74) is 4.69. The van der Waals surface area contributed by atoms with Gasteiger partial charge in [-0.3, -0.25) is 19.5 Å². The molecule has 0 aliphatic carbocycles. The van der Waals surface area contributed by atoms with Crippen LogP contribution in [-0.2, 0) is 13.2 Å². The molecule has 0 spiro atoms. The molecule has 0 radical (unpaired) electrons. The maximum Gasteiger partial charge on any atom is 0.270 e. The molecular formula is C22H16N4O4S. The Morgan fingerprint density at radius 3 is 2.81 bits per heavy atom. The van der Waals surface area contributed by atoms with Gasteiger partial charge in [-0.25, -0.2) is 9.97 Å². The molecule has 0 saturated heterocycles. The average molecular weight is 432 g/mol. The largest absolute Gasteiger partial charge is 0.487 e. The number of hydrogen-bond acceptors (Lipinski definition) is 7. The molecule has 0 atom stereocenters. The Bertz CT molecular complexity index is 1380. The van der Waals surface area contributed by atoms with Gasteiger partial charge in [-0.2, -0.15) is 0 Å². The molecule has 0 fully saturated rings. The van der Waals surface area contributed by atoms with E-state index < -0.39 is 4.92 Å². The van der Waals surface area contributed by atoms with Gasteiger partial charge < -0.3 is 4.74 Å². The zero-order valence-corrected chi connectivity index (χ0v) is 17.0. The fourth-order valence-electron chi connectivity index (χ4n) is 3.58. The van der Waals surface area contributed by atoms with Crippen molar-refractivity contribution in [2.75, 3.05) is 0 Å². The number of nitro groups is 1. The molecule has 0 N–H and O–H groups in total.